The van der Waals surface area contributed by atoms with Gasteiger partial charge in [0.1, 0.15) is 17.5 Å². The summed E-state index contributed by atoms with van der Waals surface area (Å²) in [6.45, 7) is 10.4. The van der Waals surface area contributed by atoms with Crippen LogP contribution >= 0.6 is 0 Å². The minimum Gasteiger partial charge on any atom is -0.494 e. The molecular formula is C26H35N3O6S. The maximum Gasteiger partial charge on any atom is 0.242 e. The zero-order valence-corrected chi connectivity index (χ0v) is 22.3. The van der Waals surface area contributed by atoms with Gasteiger partial charge in [-0.1, -0.05) is 13.8 Å². The van der Waals surface area contributed by atoms with E-state index in [0.29, 0.717) is 49.8 Å². The molecule has 0 unspecified atom stereocenters. The lowest BCUT2D eigenvalue weighted by Crippen LogP contribution is -2.44. The topological polar surface area (TPSA) is 114 Å². The van der Waals surface area contributed by atoms with Crippen LogP contribution in [0.15, 0.2) is 41.3 Å². The van der Waals surface area contributed by atoms with Gasteiger partial charge in [0.05, 0.1) is 23.8 Å². The molecule has 3 rings (SSSR count). The maximum absolute atomic E-state index is 13.3. The van der Waals surface area contributed by atoms with Gasteiger partial charge in [-0.3, -0.25) is 9.59 Å². The third-order valence-electron chi connectivity index (χ3n) is 5.78. The van der Waals surface area contributed by atoms with E-state index in [9.17, 15) is 18.0 Å². The number of fused-ring (bicyclic) bond motifs is 1. The third kappa shape index (κ3) is 6.55. The number of carbonyl (C=O) groups is 2. The Balaban J connectivity index is 1.85. The molecule has 196 valence electrons. The summed E-state index contributed by atoms with van der Waals surface area (Å²) in [7, 11) is -4.01. The largest absolute Gasteiger partial charge is 0.494 e. The first-order valence-electron chi connectivity index (χ1n) is 12.2. The van der Waals surface area contributed by atoms with Crippen LogP contribution in [0.5, 0.6) is 11.5 Å². The number of anilines is 2. The van der Waals surface area contributed by atoms with Gasteiger partial charge in [0.15, 0.2) is 0 Å². The predicted octanol–water partition coefficient (Wildman–Crippen LogP) is 3.72. The van der Waals surface area contributed by atoms with Gasteiger partial charge >= 0.3 is 0 Å². The monoisotopic (exact) mass is 517 g/mol. The molecule has 1 heterocycles. The molecule has 2 aromatic rings. The lowest BCUT2D eigenvalue weighted by atomic mass is 10.0. The van der Waals surface area contributed by atoms with Crippen molar-refractivity contribution in [2.45, 2.75) is 58.4 Å². The van der Waals surface area contributed by atoms with Crippen LogP contribution in [0.3, 0.4) is 0 Å². The van der Waals surface area contributed by atoms with Gasteiger partial charge < -0.3 is 19.7 Å². The summed E-state index contributed by atoms with van der Waals surface area (Å²) in [5, 5.41) is 2.82. The first kappa shape index (κ1) is 27.5. The highest BCUT2D eigenvalue weighted by Gasteiger charge is 2.29. The van der Waals surface area contributed by atoms with Crippen molar-refractivity contribution in [2.24, 2.45) is 5.92 Å². The number of rotatable bonds is 11. The molecule has 0 aliphatic carbocycles. The highest BCUT2D eigenvalue weighted by Crippen LogP contribution is 2.31. The van der Waals surface area contributed by atoms with Crippen LogP contribution in [0.2, 0.25) is 0 Å². The summed E-state index contributed by atoms with van der Waals surface area (Å²) < 4.78 is 40.3. The van der Waals surface area contributed by atoms with Crippen molar-refractivity contribution in [3.63, 3.8) is 0 Å². The van der Waals surface area contributed by atoms with Crippen LogP contribution in [0.1, 0.15) is 46.6 Å². The minimum absolute atomic E-state index is 0.0497. The molecule has 2 aromatic carbocycles. The number of hydrogen-bond acceptors (Lipinski definition) is 6. The van der Waals surface area contributed by atoms with Gasteiger partial charge in [-0.05, 0) is 68.5 Å². The molecule has 0 radical (unpaired) electrons. The Morgan fingerprint density at radius 3 is 2.42 bits per heavy atom. The Labute approximate surface area is 213 Å². The molecule has 9 nitrogen and oxygen atoms in total. The molecule has 2 amide bonds. The van der Waals surface area contributed by atoms with E-state index < -0.39 is 22.0 Å². The molecule has 0 saturated carbocycles. The molecule has 1 aliphatic heterocycles. The summed E-state index contributed by atoms with van der Waals surface area (Å²) in [5.41, 5.74) is 1.91. The average molecular weight is 518 g/mol. The summed E-state index contributed by atoms with van der Waals surface area (Å²) >= 11 is 0. The molecule has 0 bridgehead atoms. The van der Waals surface area contributed by atoms with Crippen LogP contribution in [0.25, 0.3) is 0 Å². The van der Waals surface area contributed by atoms with Crippen molar-refractivity contribution in [2.75, 3.05) is 30.0 Å². The Morgan fingerprint density at radius 1 is 1.06 bits per heavy atom. The molecular weight excluding hydrogens is 482 g/mol. The van der Waals surface area contributed by atoms with Gasteiger partial charge in [0, 0.05) is 25.2 Å². The second-order valence-electron chi connectivity index (χ2n) is 9.03. The molecule has 10 heteroatoms. The van der Waals surface area contributed by atoms with Crippen molar-refractivity contribution in [3.8, 4) is 11.5 Å². The number of sulfonamides is 1. The second kappa shape index (κ2) is 11.7. The number of hydrogen-bond donors (Lipinski definition) is 2. The number of nitrogens with one attached hydrogen (secondary N) is 2. The van der Waals surface area contributed by atoms with E-state index in [0.717, 1.165) is 11.3 Å². The zero-order chi connectivity index (χ0) is 26.5. The van der Waals surface area contributed by atoms with Gasteiger partial charge in [-0.25, -0.2) is 8.42 Å². The van der Waals surface area contributed by atoms with E-state index in [1.54, 1.807) is 35.2 Å². The van der Waals surface area contributed by atoms with E-state index in [4.69, 9.17) is 9.47 Å². The van der Waals surface area contributed by atoms with Crippen molar-refractivity contribution in [3.05, 3.63) is 42.0 Å². The Hall–Kier alpha value is -3.11. The Bertz CT molecular complexity index is 1210. The zero-order valence-electron chi connectivity index (χ0n) is 21.5. The van der Waals surface area contributed by atoms with E-state index in [-0.39, 0.29) is 16.7 Å². The van der Waals surface area contributed by atoms with Crippen LogP contribution in [0, 0.1) is 5.92 Å². The van der Waals surface area contributed by atoms with E-state index >= 15 is 0 Å². The molecule has 0 saturated heterocycles. The number of carbonyl (C=O) groups excluding carboxylic acids is 2. The van der Waals surface area contributed by atoms with Crippen LogP contribution in [-0.2, 0) is 26.0 Å². The van der Waals surface area contributed by atoms with Gasteiger partial charge in [0.2, 0.25) is 21.8 Å². The minimum atomic E-state index is -4.01. The average Bonchev–Trinajstić information content (AvgIpc) is 3.24. The fourth-order valence-electron chi connectivity index (χ4n) is 4.17. The second-order valence-corrected chi connectivity index (χ2v) is 10.7. The summed E-state index contributed by atoms with van der Waals surface area (Å²) in [6, 6.07) is 8.79. The number of ether oxygens (including phenoxy) is 2. The molecule has 0 fully saturated rings. The normalized spacial score (nSPS) is 13.9. The highest BCUT2D eigenvalue weighted by atomic mass is 32.2. The van der Waals surface area contributed by atoms with Crippen molar-refractivity contribution >= 4 is 33.2 Å². The first-order chi connectivity index (χ1) is 17.1. The lowest BCUT2D eigenvalue weighted by Gasteiger charge is -2.22. The van der Waals surface area contributed by atoms with Gasteiger partial charge in [0.25, 0.3) is 0 Å². The molecule has 0 spiro atoms. The van der Waals surface area contributed by atoms with Crippen molar-refractivity contribution in [1.29, 1.82) is 0 Å². The molecule has 1 atom stereocenters. The fraction of sp³-hybridized carbons (Fsp3) is 0.462. The number of amides is 2. The van der Waals surface area contributed by atoms with Crippen molar-refractivity contribution in [1.82, 2.24) is 4.72 Å². The Morgan fingerprint density at radius 2 is 1.78 bits per heavy atom. The Kier molecular flexibility index (Phi) is 8.97. The molecule has 1 aliphatic rings. The lowest BCUT2D eigenvalue weighted by molar-refractivity contribution is -0.118. The van der Waals surface area contributed by atoms with Crippen LogP contribution in [-0.4, -0.2) is 46.0 Å². The molecule has 0 aromatic heterocycles. The molecule has 36 heavy (non-hydrogen) atoms. The van der Waals surface area contributed by atoms with Gasteiger partial charge in [-0.2, -0.15) is 4.72 Å². The van der Waals surface area contributed by atoms with E-state index in [1.807, 2.05) is 27.7 Å². The number of benzene rings is 2. The maximum atomic E-state index is 13.3. The van der Waals surface area contributed by atoms with Crippen LogP contribution < -0.4 is 24.4 Å². The third-order valence-corrected chi connectivity index (χ3v) is 7.25. The van der Waals surface area contributed by atoms with Crippen molar-refractivity contribution < 1.29 is 27.5 Å². The quantitative estimate of drug-likeness (QED) is 0.470. The fourth-order valence-corrected chi connectivity index (χ4v) is 5.43. The van der Waals surface area contributed by atoms with E-state index in [1.165, 1.54) is 13.0 Å². The first-order valence-corrected chi connectivity index (χ1v) is 13.7. The number of nitrogens with zero attached hydrogens (tertiary/aromatic N) is 1. The summed E-state index contributed by atoms with van der Waals surface area (Å²) in [6.07, 6.45) is 0.869. The van der Waals surface area contributed by atoms with Crippen LogP contribution in [0.4, 0.5) is 11.4 Å². The van der Waals surface area contributed by atoms with Gasteiger partial charge in [-0.15, -0.1) is 0 Å². The summed E-state index contributed by atoms with van der Waals surface area (Å²) in [4.78, 5) is 26.8. The van der Waals surface area contributed by atoms with E-state index in [2.05, 4.69) is 10.0 Å². The predicted molar refractivity (Wildman–Crippen MR) is 139 cm³/mol. The standard InChI is InChI=1S/C26H35N3O6S/c1-6-34-20-8-11-25(35-7-2)22(16-20)27-26(31)23(14-17(3)4)28-36(32,33)21-9-10-24-19(15-21)12-13-29(24)18(5)30/h8-11,15-17,23,28H,6-7,12-14H2,1-5H3,(H,27,31)/t23-/m0/s1. The SMILES string of the molecule is CCOc1ccc(OCC)c(NC(=O)[C@H](CC(C)C)NS(=O)(=O)c2ccc3c(c2)CCN3C(C)=O)c1. The summed E-state index contributed by atoms with van der Waals surface area (Å²) in [5.74, 6) is 0.500. The molecule has 2 N–H and O–H groups in total. The highest BCUT2D eigenvalue weighted by molar-refractivity contribution is 7.89. The smallest absolute Gasteiger partial charge is 0.242 e.